The van der Waals surface area contributed by atoms with Gasteiger partial charge in [-0.25, -0.2) is 13.1 Å². The molecule has 0 atom stereocenters. The molecule has 140 valence electrons. The van der Waals surface area contributed by atoms with Crippen molar-refractivity contribution >= 4 is 15.9 Å². The number of hydrogen-bond acceptors (Lipinski definition) is 4. The molecule has 1 fully saturated rings. The quantitative estimate of drug-likeness (QED) is 0.746. The van der Waals surface area contributed by atoms with Crippen LogP contribution in [0.15, 0.2) is 29.2 Å². The molecule has 6 nitrogen and oxygen atoms in total. The molecule has 1 saturated heterocycles. The third-order valence-corrected chi connectivity index (χ3v) is 6.03. The average Bonchev–Trinajstić information content (AvgIpc) is 2.59. The van der Waals surface area contributed by atoms with Gasteiger partial charge in [-0.05, 0) is 70.1 Å². The Bertz CT molecular complexity index is 663. The van der Waals surface area contributed by atoms with E-state index in [4.69, 9.17) is 0 Å². The van der Waals surface area contributed by atoms with Crippen LogP contribution >= 0.6 is 0 Å². The zero-order valence-electron chi connectivity index (χ0n) is 15.4. The second-order valence-electron chi connectivity index (χ2n) is 7.05. The highest BCUT2D eigenvalue weighted by Gasteiger charge is 2.22. The molecule has 0 radical (unpaired) electrons. The van der Waals surface area contributed by atoms with E-state index >= 15 is 0 Å². The van der Waals surface area contributed by atoms with Crippen molar-refractivity contribution in [2.24, 2.45) is 5.92 Å². The summed E-state index contributed by atoms with van der Waals surface area (Å²) >= 11 is 0. The third-order valence-electron chi connectivity index (χ3n) is 4.56. The summed E-state index contributed by atoms with van der Waals surface area (Å²) < 4.78 is 27.1. The first kappa shape index (κ1) is 19.9. The van der Waals surface area contributed by atoms with E-state index in [2.05, 4.69) is 11.6 Å². The van der Waals surface area contributed by atoms with Crippen LogP contribution in [0.2, 0.25) is 0 Å². The first-order valence-corrected chi connectivity index (χ1v) is 10.3. The lowest BCUT2D eigenvalue weighted by Crippen LogP contribution is -2.37. The van der Waals surface area contributed by atoms with E-state index in [9.17, 15) is 13.2 Å². The maximum absolute atomic E-state index is 12.5. The zero-order valence-corrected chi connectivity index (χ0v) is 16.2. The Hall–Kier alpha value is -1.44. The number of amides is 1. The lowest BCUT2D eigenvalue weighted by molar-refractivity contribution is 0.0697. The maximum atomic E-state index is 12.5. The highest BCUT2D eigenvalue weighted by Crippen LogP contribution is 2.19. The molecule has 2 rings (SSSR count). The maximum Gasteiger partial charge on any atom is 0.253 e. The van der Waals surface area contributed by atoms with Crippen molar-refractivity contribution in [3.8, 4) is 0 Å². The van der Waals surface area contributed by atoms with E-state index in [-0.39, 0.29) is 10.8 Å². The Labute approximate surface area is 151 Å². The molecule has 1 aromatic rings. The molecule has 0 bridgehead atoms. The number of hydrogen-bond donors (Lipinski definition) is 1. The molecule has 0 aliphatic carbocycles. The molecule has 1 N–H and O–H groups in total. The summed E-state index contributed by atoms with van der Waals surface area (Å²) in [7, 11) is 0.377. The molecule has 25 heavy (non-hydrogen) atoms. The number of nitrogens with zero attached hydrogens (tertiary/aromatic N) is 2. The van der Waals surface area contributed by atoms with Crippen LogP contribution in [-0.4, -0.2) is 64.4 Å². The van der Waals surface area contributed by atoms with Crippen molar-refractivity contribution in [2.75, 3.05) is 40.3 Å². The number of rotatable bonds is 7. The first-order chi connectivity index (χ1) is 11.8. The van der Waals surface area contributed by atoms with Crippen LogP contribution in [0, 0.1) is 5.92 Å². The molecule has 1 aliphatic heterocycles. The Morgan fingerprint density at radius 1 is 1.20 bits per heavy atom. The summed E-state index contributed by atoms with van der Waals surface area (Å²) in [5.74, 6) is 0.643. The van der Waals surface area contributed by atoms with Crippen molar-refractivity contribution in [3.05, 3.63) is 29.8 Å². The Morgan fingerprint density at radius 2 is 1.80 bits per heavy atom. The molecule has 1 heterocycles. The number of carbonyl (C=O) groups is 1. The molecule has 0 saturated carbocycles. The number of piperidine rings is 1. The summed E-state index contributed by atoms with van der Waals surface area (Å²) in [6, 6.07) is 6.23. The van der Waals surface area contributed by atoms with Gasteiger partial charge >= 0.3 is 0 Å². The van der Waals surface area contributed by atoms with Gasteiger partial charge in [0.2, 0.25) is 10.0 Å². The first-order valence-electron chi connectivity index (χ1n) is 8.83. The van der Waals surface area contributed by atoms with E-state index in [1.165, 1.54) is 12.1 Å². The van der Waals surface area contributed by atoms with Crippen LogP contribution < -0.4 is 4.72 Å². The highest BCUT2D eigenvalue weighted by atomic mass is 32.2. The molecule has 0 spiro atoms. The third kappa shape index (κ3) is 5.80. The molecule has 1 aromatic carbocycles. The summed E-state index contributed by atoms with van der Waals surface area (Å²) in [4.78, 5) is 16.6. The van der Waals surface area contributed by atoms with Crippen LogP contribution in [-0.2, 0) is 10.0 Å². The molecule has 7 heteroatoms. The van der Waals surface area contributed by atoms with Crippen LogP contribution in [0.25, 0.3) is 0 Å². The fourth-order valence-corrected chi connectivity index (χ4v) is 3.93. The van der Waals surface area contributed by atoms with Crippen molar-refractivity contribution in [1.29, 1.82) is 0 Å². The Balaban J connectivity index is 1.95. The number of benzene rings is 1. The molecular formula is C18H29N3O3S. The van der Waals surface area contributed by atoms with Gasteiger partial charge in [0.1, 0.15) is 0 Å². The Morgan fingerprint density at radius 3 is 2.36 bits per heavy atom. The van der Waals surface area contributed by atoms with Gasteiger partial charge in [-0.3, -0.25) is 4.79 Å². The fraction of sp³-hybridized carbons (Fsp3) is 0.611. The van der Waals surface area contributed by atoms with E-state index in [0.29, 0.717) is 18.0 Å². The second kappa shape index (κ2) is 8.78. The Kier molecular flexibility index (Phi) is 6.98. The minimum absolute atomic E-state index is 0.0187. The SMILES string of the molecule is CC1CCN(C(=O)c2ccc(S(=O)(=O)NCCCN(C)C)cc2)CC1. The summed E-state index contributed by atoms with van der Waals surface area (Å²) in [6.45, 7) is 4.96. The van der Waals surface area contributed by atoms with Crippen molar-refractivity contribution in [3.63, 3.8) is 0 Å². The lowest BCUT2D eigenvalue weighted by Gasteiger charge is -2.30. The molecular weight excluding hydrogens is 338 g/mol. The van der Waals surface area contributed by atoms with Gasteiger partial charge in [-0.2, -0.15) is 0 Å². The molecule has 1 amide bonds. The molecule has 1 aliphatic rings. The molecule has 0 unspecified atom stereocenters. The van der Waals surface area contributed by atoms with Crippen LogP contribution in [0.4, 0.5) is 0 Å². The van der Waals surface area contributed by atoms with Gasteiger partial charge in [0.25, 0.3) is 5.91 Å². The summed E-state index contributed by atoms with van der Waals surface area (Å²) in [6.07, 6.45) is 2.79. The number of nitrogens with one attached hydrogen (secondary N) is 1. The minimum atomic E-state index is -3.53. The largest absolute Gasteiger partial charge is 0.339 e. The van der Waals surface area contributed by atoms with Crippen LogP contribution in [0.1, 0.15) is 36.5 Å². The van der Waals surface area contributed by atoms with E-state index in [0.717, 1.165) is 38.9 Å². The summed E-state index contributed by atoms with van der Waals surface area (Å²) in [5, 5.41) is 0. The molecule has 0 aromatic heterocycles. The minimum Gasteiger partial charge on any atom is -0.339 e. The lowest BCUT2D eigenvalue weighted by atomic mass is 9.98. The van der Waals surface area contributed by atoms with Crippen molar-refractivity contribution < 1.29 is 13.2 Å². The second-order valence-corrected chi connectivity index (χ2v) is 8.82. The van der Waals surface area contributed by atoms with Gasteiger partial charge in [0.05, 0.1) is 4.90 Å². The highest BCUT2D eigenvalue weighted by molar-refractivity contribution is 7.89. The zero-order chi connectivity index (χ0) is 18.4. The predicted octanol–water partition coefficient (Wildman–Crippen LogP) is 1.79. The van der Waals surface area contributed by atoms with E-state index < -0.39 is 10.0 Å². The number of carbonyl (C=O) groups excluding carboxylic acids is 1. The van der Waals surface area contributed by atoms with Crippen LogP contribution in [0.3, 0.4) is 0 Å². The monoisotopic (exact) mass is 367 g/mol. The smallest absolute Gasteiger partial charge is 0.253 e. The van der Waals surface area contributed by atoms with E-state index in [1.807, 2.05) is 23.9 Å². The van der Waals surface area contributed by atoms with Crippen molar-refractivity contribution in [1.82, 2.24) is 14.5 Å². The van der Waals surface area contributed by atoms with Gasteiger partial charge in [-0.1, -0.05) is 6.92 Å². The standard InChI is InChI=1S/C18H29N3O3S/c1-15-9-13-21(14-10-15)18(22)16-5-7-17(8-6-16)25(23,24)19-11-4-12-20(2)3/h5-8,15,19H,4,9-14H2,1-3H3. The summed E-state index contributed by atoms with van der Waals surface area (Å²) in [5.41, 5.74) is 0.543. The number of sulfonamides is 1. The fourth-order valence-electron chi connectivity index (χ4n) is 2.86. The van der Waals surface area contributed by atoms with Crippen molar-refractivity contribution in [2.45, 2.75) is 31.1 Å². The van der Waals surface area contributed by atoms with Crippen LogP contribution in [0.5, 0.6) is 0 Å². The normalized spacial score (nSPS) is 16.4. The van der Waals surface area contributed by atoms with E-state index in [1.54, 1.807) is 12.1 Å². The number of likely N-dealkylation sites (tertiary alicyclic amines) is 1. The topological polar surface area (TPSA) is 69.7 Å². The predicted molar refractivity (Wildman–Crippen MR) is 99.1 cm³/mol. The van der Waals surface area contributed by atoms with Gasteiger partial charge in [0, 0.05) is 25.2 Å². The van der Waals surface area contributed by atoms with Gasteiger partial charge < -0.3 is 9.80 Å². The van der Waals surface area contributed by atoms with Gasteiger partial charge in [-0.15, -0.1) is 0 Å². The van der Waals surface area contributed by atoms with Gasteiger partial charge in [0.15, 0.2) is 0 Å². The average molecular weight is 368 g/mol.